The number of methoxy groups -OCH3 is 2. The molecule has 0 saturated heterocycles. The van der Waals surface area contributed by atoms with E-state index in [1.165, 1.54) is 5.56 Å². The smallest absolute Gasteiger partial charge is 0.253 e. The first-order valence-electron chi connectivity index (χ1n) is 11.2. The lowest BCUT2D eigenvalue weighted by Crippen LogP contribution is -2.27. The van der Waals surface area contributed by atoms with Crippen LogP contribution in [0.3, 0.4) is 0 Å². The third kappa shape index (κ3) is 5.38. The lowest BCUT2D eigenvalue weighted by Gasteiger charge is -2.12. The molecular formula is C27H29N3O3S. The number of ether oxygens (including phenoxy) is 2. The molecule has 2 heterocycles. The van der Waals surface area contributed by atoms with Crippen molar-refractivity contribution in [1.29, 1.82) is 0 Å². The molecule has 0 aliphatic carbocycles. The molecule has 0 unspecified atom stereocenters. The van der Waals surface area contributed by atoms with Gasteiger partial charge in [-0.05, 0) is 37.1 Å². The van der Waals surface area contributed by atoms with Gasteiger partial charge in [-0.2, -0.15) is 0 Å². The van der Waals surface area contributed by atoms with Gasteiger partial charge in [0, 0.05) is 36.8 Å². The van der Waals surface area contributed by atoms with Gasteiger partial charge in [0.05, 0.1) is 30.7 Å². The van der Waals surface area contributed by atoms with Crippen molar-refractivity contribution in [3.8, 4) is 27.7 Å². The van der Waals surface area contributed by atoms with Crippen molar-refractivity contribution in [3.05, 3.63) is 82.9 Å². The predicted molar refractivity (Wildman–Crippen MR) is 137 cm³/mol. The van der Waals surface area contributed by atoms with E-state index in [9.17, 15) is 4.79 Å². The molecule has 2 aromatic carbocycles. The summed E-state index contributed by atoms with van der Waals surface area (Å²) in [5.74, 6) is 0.741. The average molecular weight is 476 g/mol. The van der Waals surface area contributed by atoms with Crippen molar-refractivity contribution >= 4 is 17.2 Å². The topological polar surface area (TPSA) is 65.4 Å². The number of aryl methyl sites for hydroxylation is 1. The minimum absolute atomic E-state index is 0.0995. The van der Waals surface area contributed by atoms with Crippen LogP contribution in [-0.2, 0) is 17.7 Å². The van der Waals surface area contributed by atoms with Crippen LogP contribution in [0.1, 0.15) is 21.6 Å². The average Bonchev–Trinajstić information content (AvgIpc) is 3.48. The zero-order valence-electron chi connectivity index (χ0n) is 19.7. The van der Waals surface area contributed by atoms with E-state index in [0.717, 1.165) is 46.4 Å². The monoisotopic (exact) mass is 475 g/mol. The van der Waals surface area contributed by atoms with E-state index in [-0.39, 0.29) is 5.91 Å². The van der Waals surface area contributed by atoms with Crippen molar-refractivity contribution in [2.45, 2.75) is 19.9 Å². The van der Waals surface area contributed by atoms with E-state index in [0.29, 0.717) is 18.7 Å². The van der Waals surface area contributed by atoms with E-state index < -0.39 is 0 Å². The third-order valence-corrected chi connectivity index (χ3v) is 6.66. The Morgan fingerprint density at radius 2 is 1.85 bits per heavy atom. The van der Waals surface area contributed by atoms with Crippen LogP contribution in [0.4, 0.5) is 0 Å². The molecule has 34 heavy (non-hydrogen) atoms. The van der Waals surface area contributed by atoms with Crippen molar-refractivity contribution in [2.75, 3.05) is 27.4 Å². The highest BCUT2D eigenvalue weighted by molar-refractivity contribution is 7.13. The number of hydrogen-bond donors (Lipinski definition) is 1. The van der Waals surface area contributed by atoms with Crippen LogP contribution in [0.25, 0.3) is 22.0 Å². The number of nitrogens with zero attached hydrogens (tertiary/aromatic N) is 2. The van der Waals surface area contributed by atoms with Gasteiger partial charge in [0.2, 0.25) is 0 Å². The second-order valence-electron chi connectivity index (χ2n) is 7.93. The molecule has 1 N–H and O–H groups in total. The molecule has 1 amide bonds. The molecule has 4 rings (SSSR count). The van der Waals surface area contributed by atoms with Gasteiger partial charge in [-0.1, -0.05) is 42.5 Å². The quantitative estimate of drug-likeness (QED) is 0.320. The number of hydrogen-bond acceptors (Lipinski definition) is 5. The summed E-state index contributed by atoms with van der Waals surface area (Å²) in [7, 11) is 3.29. The molecule has 0 aliphatic rings. The van der Waals surface area contributed by atoms with Crippen LogP contribution >= 0.6 is 11.3 Å². The largest absolute Gasteiger partial charge is 0.497 e. The number of amides is 1. The molecule has 2 aromatic heterocycles. The molecular weight excluding hydrogens is 446 g/mol. The molecule has 7 heteroatoms. The number of carbonyl (C=O) groups excluding carboxylic acids is 1. The molecule has 0 bridgehead atoms. The first-order valence-corrected chi connectivity index (χ1v) is 12.1. The van der Waals surface area contributed by atoms with Gasteiger partial charge in [-0.25, -0.2) is 4.98 Å². The Balaban J connectivity index is 1.65. The minimum atomic E-state index is -0.0995. The van der Waals surface area contributed by atoms with E-state index >= 15 is 0 Å². The number of benzene rings is 2. The van der Waals surface area contributed by atoms with Gasteiger partial charge in [-0.15, -0.1) is 11.3 Å². The fourth-order valence-corrected chi connectivity index (χ4v) is 4.69. The standard InChI is InChI=1S/C27H29N3O3S/c1-19-23(26(31)28-14-16-32-2)17-25(24-18-34-27(29-24)21-7-5-4-6-8-21)30(19)15-13-20-9-11-22(33-3)12-10-20/h4-12,17-18H,13-16H2,1-3H3,(H,28,31). The highest BCUT2D eigenvalue weighted by Crippen LogP contribution is 2.31. The van der Waals surface area contributed by atoms with Gasteiger partial charge in [0.25, 0.3) is 5.91 Å². The van der Waals surface area contributed by atoms with Crippen molar-refractivity contribution < 1.29 is 14.3 Å². The summed E-state index contributed by atoms with van der Waals surface area (Å²) < 4.78 is 12.5. The van der Waals surface area contributed by atoms with Crippen LogP contribution in [0.2, 0.25) is 0 Å². The minimum Gasteiger partial charge on any atom is -0.497 e. The Kier molecular flexibility index (Phi) is 7.77. The molecule has 4 aromatic rings. The zero-order valence-corrected chi connectivity index (χ0v) is 20.5. The number of thiazole rings is 1. The molecule has 0 saturated carbocycles. The van der Waals surface area contributed by atoms with Crippen LogP contribution in [0.5, 0.6) is 5.75 Å². The summed E-state index contributed by atoms with van der Waals surface area (Å²) in [6.45, 7) is 3.67. The fraction of sp³-hybridized carbons (Fsp3) is 0.259. The third-order valence-electron chi connectivity index (χ3n) is 5.77. The predicted octanol–water partition coefficient (Wildman–Crippen LogP) is 5.21. The summed E-state index contributed by atoms with van der Waals surface area (Å²) in [4.78, 5) is 17.8. The van der Waals surface area contributed by atoms with Crippen LogP contribution in [0.15, 0.2) is 66.0 Å². The van der Waals surface area contributed by atoms with Gasteiger partial charge in [0.1, 0.15) is 10.8 Å². The van der Waals surface area contributed by atoms with E-state index in [1.807, 2.05) is 43.3 Å². The van der Waals surface area contributed by atoms with Crippen molar-refractivity contribution in [1.82, 2.24) is 14.9 Å². The number of aromatic nitrogens is 2. The molecule has 0 aliphatic heterocycles. The fourth-order valence-electron chi connectivity index (χ4n) is 3.88. The number of carbonyl (C=O) groups is 1. The molecule has 0 radical (unpaired) electrons. The molecule has 176 valence electrons. The number of nitrogens with one attached hydrogen (secondary N) is 1. The van der Waals surface area contributed by atoms with E-state index in [1.54, 1.807) is 25.6 Å². The van der Waals surface area contributed by atoms with E-state index in [4.69, 9.17) is 14.5 Å². The van der Waals surface area contributed by atoms with E-state index in [2.05, 4.69) is 39.5 Å². The Bertz CT molecular complexity index is 1230. The Morgan fingerprint density at radius 1 is 1.09 bits per heavy atom. The molecule has 0 spiro atoms. The second kappa shape index (κ2) is 11.1. The highest BCUT2D eigenvalue weighted by atomic mass is 32.1. The maximum absolute atomic E-state index is 12.9. The molecule has 6 nitrogen and oxygen atoms in total. The van der Waals surface area contributed by atoms with Crippen molar-refractivity contribution in [2.24, 2.45) is 0 Å². The highest BCUT2D eigenvalue weighted by Gasteiger charge is 2.20. The normalized spacial score (nSPS) is 10.9. The summed E-state index contributed by atoms with van der Waals surface area (Å²) in [6.07, 6.45) is 0.826. The number of rotatable bonds is 10. The maximum Gasteiger partial charge on any atom is 0.253 e. The van der Waals surface area contributed by atoms with Crippen molar-refractivity contribution in [3.63, 3.8) is 0 Å². The Labute approximate surface area is 204 Å². The SMILES string of the molecule is COCCNC(=O)c1cc(-c2csc(-c3ccccc3)n2)n(CCc2ccc(OC)cc2)c1C. The lowest BCUT2D eigenvalue weighted by molar-refractivity contribution is 0.0936. The van der Waals surface area contributed by atoms with Gasteiger partial charge in [-0.3, -0.25) is 4.79 Å². The summed E-state index contributed by atoms with van der Waals surface area (Å²) in [5.41, 5.74) is 5.69. The Hall–Kier alpha value is -3.42. The summed E-state index contributed by atoms with van der Waals surface area (Å²) >= 11 is 1.61. The first-order chi connectivity index (χ1) is 16.6. The van der Waals surface area contributed by atoms with Gasteiger partial charge in [0.15, 0.2) is 0 Å². The molecule has 0 fully saturated rings. The van der Waals surface area contributed by atoms with Crippen LogP contribution < -0.4 is 10.1 Å². The first kappa shape index (κ1) is 23.7. The van der Waals surface area contributed by atoms with Crippen LogP contribution in [0, 0.1) is 6.92 Å². The Morgan fingerprint density at radius 3 is 2.56 bits per heavy atom. The lowest BCUT2D eigenvalue weighted by atomic mass is 10.1. The molecule has 0 atom stereocenters. The van der Waals surface area contributed by atoms with Gasteiger partial charge < -0.3 is 19.4 Å². The maximum atomic E-state index is 12.9. The van der Waals surface area contributed by atoms with Gasteiger partial charge >= 0.3 is 0 Å². The zero-order chi connectivity index (χ0) is 23.9. The van der Waals surface area contributed by atoms with Crippen LogP contribution in [-0.4, -0.2) is 42.8 Å². The second-order valence-corrected chi connectivity index (χ2v) is 8.79. The summed E-state index contributed by atoms with van der Waals surface area (Å²) in [6, 6.07) is 20.2. The summed E-state index contributed by atoms with van der Waals surface area (Å²) in [5, 5.41) is 5.96.